The van der Waals surface area contributed by atoms with Crippen LogP contribution >= 0.6 is 11.6 Å². The molecule has 2 aromatic rings. The number of rotatable bonds is 6. The summed E-state index contributed by atoms with van der Waals surface area (Å²) in [6.07, 6.45) is -1.04. The second-order valence-electron chi connectivity index (χ2n) is 5.53. The Kier molecular flexibility index (Phi) is 4.92. The lowest BCUT2D eigenvalue weighted by Gasteiger charge is -2.19. The van der Waals surface area contributed by atoms with Crippen molar-refractivity contribution in [2.75, 3.05) is 20.3 Å². The van der Waals surface area contributed by atoms with Gasteiger partial charge in [0.25, 0.3) is 11.8 Å². The highest BCUT2D eigenvalue weighted by atomic mass is 35.5. The third-order valence-corrected chi connectivity index (χ3v) is 4.06. The van der Waals surface area contributed by atoms with Crippen molar-refractivity contribution in [2.24, 2.45) is 0 Å². The number of aliphatic hydroxyl groups excluding tert-OH is 1. The highest BCUT2D eigenvalue weighted by molar-refractivity contribution is 6.30. The van der Waals surface area contributed by atoms with E-state index in [1.165, 1.54) is 7.11 Å². The first-order valence-corrected chi connectivity index (χ1v) is 7.98. The molecule has 2 aromatic carbocycles. The lowest BCUT2D eigenvalue weighted by atomic mass is 10.1. The summed E-state index contributed by atoms with van der Waals surface area (Å²) in [6.45, 7) is -0.256. The van der Waals surface area contributed by atoms with E-state index in [1.54, 1.807) is 42.5 Å². The highest BCUT2D eigenvalue weighted by Gasteiger charge is 2.36. The maximum atomic E-state index is 12.3. The van der Waals surface area contributed by atoms with E-state index >= 15 is 0 Å². The van der Waals surface area contributed by atoms with Crippen LogP contribution in [-0.4, -0.2) is 48.2 Å². The minimum absolute atomic E-state index is 0.106. The Morgan fingerprint density at radius 1 is 1.08 bits per heavy atom. The SMILES string of the molecule is COc1cc(Cl)ccc1OC[C@H](O)CN1C(=O)c2ccccc2C1=O. The molecule has 1 heterocycles. The molecule has 1 aliphatic rings. The molecule has 25 heavy (non-hydrogen) atoms. The minimum Gasteiger partial charge on any atom is -0.493 e. The van der Waals surface area contributed by atoms with Crippen LogP contribution in [0.5, 0.6) is 11.5 Å². The third-order valence-electron chi connectivity index (χ3n) is 3.83. The summed E-state index contributed by atoms with van der Waals surface area (Å²) in [5.74, 6) is 0.0150. The van der Waals surface area contributed by atoms with E-state index < -0.39 is 17.9 Å². The van der Waals surface area contributed by atoms with Crippen LogP contribution < -0.4 is 9.47 Å². The van der Waals surface area contributed by atoms with E-state index in [0.717, 1.165) is 4.90 Å². The number of ether oxygens (including phenoxy) is 2. The maximum absolute atomic E-state index is 12.3. The van der Waals surface area contributed by atoms with Crippen molar-refractivity contribution in [2.45, 2.75) is 6.10 Å². The Balaban J connectivity index is 1.63. The van der Waals surface area contributed by atoms with E-state index in [2.05, 4.69) is 0 Å². The molecule has 7 heteroatoms. The molecule has 1 atom stereocenters. The lowest BCUT2D eigenvalue weighted by molar-refractivity contribution is 0.0454. The number of amides is 2. The number of imide groups is 1. The minimum atomic E-state index is -1.04. The molecule has 6 nitrogen and oxygen atoms in total. The summed E-state index contributed by atoms with van der Waals surface area (Å²) < 4.78 is 10.7. The number of carbonyl (C=O) groups excluding carboxylic acids is 2. The molecule has 0 aliphatic carbocycles. The van der Waals surface area contributed by atoms with Crippen molar-refractivity contribution < 1.29 is 24.2 Å². The molecule has 0 bridgehead atoms. The van der Waals surface area contributed by atoms with Crippen molar-refractivity contribution in [3.05, 3.63) is 58.6 Å². The van der Waals surface area contributed by atoms with Crippen LogP contribution in [0.15, 0.2) is 42.5 Å². The van der Waals surface area contributed by atoms with Crippen molar-refractivity contribution in [1.82, 2.24) is 4.90 Å². The number of hydrogen-bond donors (Lipinski definition) is 1. The first-order valence-electron chi connectivity index (χ1n) is 7.61. The standard InChI is InChI=1S/C18H16ClNO5/c1-24-16-8-11(19)6-7-15(16)25-10-12(21)9-20-17(22)13-4-2-3-5-14(13)18(20)23/h2-8,12,21H,9-10H2,1H3/t12-/m1/s1. The van der Waals surface area contributed by atoms with Gasteiger partial charge in [-0.2, -0.15) is 0 Å². The quantitative estimate of drug-likeness (QED) is 0.799. The zero-order valence-electron chi connectivity index (χ0n) is 13.4. The molecule has 0 aromatic heterocycles. The van der Waals surface area contributed by atoms with Crippen molar-refractivity contribution in [1.29, 1.82) is 0 Å². The molecule has 2 amide bonds. The number of fused-ring (bicyclic) bond motifs is 1. The number of benzene rings is 2. The summed E-state index contributed by atoms with van der Waals surface area (Å²) in [7, 11) is 1.48. The molecule has 0 saturated heterocycles. The van der Waals surface area contributed by atoms with E-state index in [4.69, 9.17) is 21.1 Å². The Morgan fingerprint density at radius 3 is 2.32 bits per heavy atom. The Bertz CT molecular complexity index is 788. The number of halogens is 1. The average molecular weight is 362 g/mol. The van der Waals surface area contributed by atoms with Crippen LogP contribution in [0.4, 0.5) is 0 Å². The first-order chi connectivity index (χ1) is 12.0. The highest BCUT2D eigenvalue weighted by Crippen LogP contribution is 2.30. The number of β-amino-alcohol motifs (C(OH)–C–C–N with tert-alkyl or cyclic N) is 1. The van der Waals surface area contributed by atoms with Gasteiger partial charge in [-0.3, -0.25) is 14.5 Å². The Labute approximate surface area is 149 Å². The average Bonchev–Trinajstić information content (AvgIpc) is 2.86. The Hall–Kier alpha value is -2.57. The van der Waals surface area contributed by atoms with Crippen molar-refractivity contribution >= 4 is 23.4 Å². The molecule has 1 N–H and O–H groups in total. The van der Waals surface area contributed by atoms with Crippen LogP contribution in [0.25, 0.3) is 0 Å². The van der Waals surface area contributed by atoms with Crippen LogP contribution in [-0.2, 0) is 0 Å². The fourth-order valence-electron chi connectivity index (χ4n) is 2.62. The summed E-state index contributed by atoms with van der Waals surface area (Å²) in [5.41, 5.74) is 0.694. The predicted molar refractivity (Wildman–Crippen MR) is 91.3 cm³/mol. The number of nitrogens with zero attached hydrogens (tertiary/aromatic N) is 1. The van der Waals surface area contributed by atoms with Crippen LogP contribution in [0.1, 0.15) is 20.7 Å². The summed E-state index contributed by atoms with van der Waals surface area (Å²) in [5, 5.41) is 10.7. The van der Waals surface area contributed by atoms with Gasteiger partial charge in [0.15, 0.2) is 11.5 Å². The molecule has 0 fully saturated rings. The molecule has 0 radical (unpaired) electrons. The van der Waals surface area contributed by atoms with Crippen LogP contribution in [0.3, 0.4) is 0 Å². The summed E-state index contributed by atoms with van der Waals surface area (Å²) in [4.78, 5) is 25.6. The zero-order chi connectivity index (χ0) is 18.0. The molecule has 0 saturated carbocycles. The summed E-state index contributed by atoms with van der Waals surface area (Å²) >= 11 is 5.88. The zero-order valence-corrected chi connectivity index (χ0v) is 14.2. The van der Waals surface area contributed by atoms with Gasteiger partial charge in [-0.1, -0.05) is 23.7 Å². The Morgan fingerprint density at radius 2 is 1.72 bits per heavy atom. The first kappa shape index (κ1) is 17.3. The topological polar surface area (TPSA) is 76.1 Å². The number of methoxy groups -OCH3 is 1. The fourth-order valence-corrected chi connectivity index (χ4v) is 2.78. The largest absolute Gasteiger partial charge is 0.493 e. The monoisotopic (exact) mass is 361 g/mol. The van der Waals surface area contributed by atoms with E-state index in [9.17, 15) is 14.7 Å². The molecule has 130 valence electrons. The maximum Gasteiger partial charge on any atom is 0.261 e. The van der Waals surface area contributed by atoms with Crippen molar-refractivity contribution in [3.63, 3.8) is 0 Å². The molecular formula is C18H16ClNO5. The number of hydrogen-bond acceptors (Lipinski definition) is 5. The molecule has 0 unspecified atom stereocenters. The van der Waals surface area contributed by atoms with Gasteiger partial charge >= 0.3 is 0 Å². The van der Waals surface area contributed by atoms with E-state index in [1.807, 2.05) is 0 Å². The van der Waals surface area contributed by atoms with Gasteiger partial charge in [0.2, 0.25) is 0 Å². The van der Waals surface area contributed by atoms with Gasteiger partial charge in [0.05, 0.1) is 24.8 Å². The number of aliphatic hydroxyl groups is 1. The smallest absolute Gasteiger partial charge is 0.261 e. The van der Waals surface area contributed by atoms with Gasteiger partial charge in [0.1, 0.15) is 12.7 Å². The van der Waals surface area contributed by atoms with Gasteiger partial charge in [0, 0.05) is 11.1 Å². The summed E-state index contributed by atoms with van der Waals surface area (Å²) in [6, 6.07) is 11.4. The van der Waals surface area contributed by atoms with Crippen LogP contribution in [0, 0.1) is 0 Å². The van der Waals surface area contributed by atoms with E-state index in [0.29, 0.717) is 27.6 Å². The second kappa shape index (κ2) is 7.13. The van der Waals surface area contributed by atoms with Gasteiger partial charge in [-0.05, 0) is 24.3 Å². The normalized spacial score (nSPS) is 14.4. The van der Waals surface area contributed by atoms with Gasteiger partial charge in [-0.25, -0.2) is 0 Å². The van der Waals surface area contributed by atoms with Gasteiger partial charge < -0.3 is 14.6 Å². The molecular weight excluding hydrogens is 346 g/mol. The predicted octanol–water partition coefficient (Wildman–Crippen LogP) is 2.38. The fraction of sp³-hybridized carbons (Fsp3) is 0.222. The van der Waals surface area contributed by atoms with Crippen molar-refractivity contribution in [3.8, 4) is 11.5 Å². The molecule has 3 rings (SSSR count). The lowest BCUT2D eigenvalue weighted by Crippen LogP contribution is -2.39. The molecule has 0 spiro atoms. The number of carbonyl (C=O) groups is 2. The third kappa shape index (κ3) is 3.45. The second-order valence-corrected chi connectivity index (χ2v) is 5.96. The van der Waals surface area contributed by atoms with Crippen LogP contribution in [0.2, 0.25) is 5.02 Å². The van der Waals surface area contributed by atoms with E-state index in [-0.39, 0.29) is 13.2 Å². The van der Waals surface area contributed by atoms with Gasteiger partial charge in [-0.15, -0.1) is 0 Å². The molecule has 1 aliphatic heterocycles.